The third-order valence-corrected chi connectivity index (χ3v) is 18.9. The summed E-state index contributed by atoms with van der Waals surface area (Å²) in [6.45, 7) is 0. The largest absolute Gasteiger partial charge is 1.00 e. The molecule has 6 aromatic heterocycles. The number of nitrogens with zero attached hydrogens (tertiary/aromatic N) is 8. The molecule has 0 unspecified atom stereocenters. The fourth-order valence-corrected chi connectivity index (χ4v) is 14.0. The van der Waals surface area contributed by atoms with Crippen molar-refractivity contribution in [2.45, 2.75) is 0 Å². The minimum Gasteiger partial charge on any atom is -0.868 e. The van der Waals surface area contributed by atoms with E-state index < -0.39 is 0 Å². The van der Waals surface area contributed by atoms with Crippen molar-refractivity contribution in [3.63, 3.8) is 0 Å². The minimum atomic E-state index is 0. The predicted molar refractivity (Wildman–Crippen MR) is 411 cm³/mol. The summed E-state index contributed by atoms with van der Waals surface area (Å²) in [5.41, 5.74) is 17.7. The average molecular weight is 1300 g/mol. The van der Waals surface area contributed by atoms with Gasteiger partial charge < -0.3 is 9.67 Å². The Kier molecular flexibility index (Phi) is 16.4. The summed E-state index contributed by atoms with van der Waals surface area (Å²) in [7, 11) is 0. The molecular weight excluding hydrogens is 1240 g/mol. The molecule has 0 fully saturated rings. The molecule has 20 aromatic rings. The Morgan fingerprint density at radius 3 is 1.43 bits per heavy atom. The van der Waals surface area contributed by atoms with E-state index in [0.717, 1.165) is 93.8 Å². The summed E-state index contributed by atoms with van der Waals surface area (Å²) in [6.07, 6.45) is 3.59. The molecule has 0 aliphatic heterocycles. The molecule has 0 radical (unpaired) electrons. The predicted octanol–water partition coefficient (Wildman–Crippen LogP) is 18.3. The van der Waals surface area contributed by atoms with Crippen molar-refractivity contribution >= 4 is 97.9 Å². The molecule has 1 N–H and O–H groups in total. The average Bonchev–Trinajstić information content (AvgIpc) is 1.57. The zero-order valence-corrected chi connectivity index (χ0v) is 55.5. The number of hydrogen-bond acceptors (Lipinski definition) is 7. The molecule has 0 saturated carbocycles. The van der Waals surface area contributed by atoms with Gasteiger partial charge in [-0.05, 0) is 129 Å². The molecule has 6 heterocycles. The number of rotatable bonds is 8. The molecule has 102 heavy (non-hydrogen) atoms. The van der Waals surface area contributed by atoms with Crippen LogP contribution in [0, 0.1) is 0 Å². The van der Waals surface area contributed by atoms with Gasteiger partial charge in [-0.2, -0.15) is 0 Å². The van der Waals surface area contributed by atoms with Crippen molar-refractivity contribution in [1.82, 2.24) is 39.0 Å². The molecule has 0 aliphatic carbocycles. The normalized spacial score (nSPS) is 11.3. The SMILES string of the molecule is [Li+].[O-]c1cccc2ccc[nH+]c12.c1ccc(-c2nc(-n3c4ccccc4c4cc(-c5ccc6c(c5)c5ccccc5n6-c5ccccc5)ccc43)nc3ccccc23)cc1.c1ccc2cc(-c3nc(-c4ccc(-c5cccc6cccnc56)cc4)nc(-c4ccc5ccccc5c4)n3)ccc2c1. The van der Waals surface area contributed by atoms with Crippen molar-refractivity contribution in [1.29, 1.82) is 0 Å². The second kappa shape index (κ2) is 26.9. The Morgan fingerprint density at radius 2 is 0.775 bits per heavy atom. The first-order valence-corrected chi connectivity index (χ1v) is 33.7. The van der Waals surface area contributed by atoms with Crippen LogP contribution in [0.5, 0.6) is 5.75 Å². The second-order valence-electron chi connectivity index (χ2n) is 25.0. The number of pyridine rings is 2. The van der Waals surface area contributed by atoms with E-state index in [9.17, 15) is 5.11 Å². The number of aromatic nitrogens is 9. The van der Waals surface area contributed by atoms with Crippen LogP contribution in [0.2, 0.25) is 0 Å². The molecule has 0 spiro atoms. The fourth-order valence-electron chi connectivity index (χ4n) is 14.0. The molecular formula is C91H59LiN9O+. The summed E-state index contributed by atoms with van der Waals surface area (Å²) < 4.78 is 4.57. The number of H-pyrrole nitrogens is 1. The van der Waals surface area contributed by atoms with Gasteiger partial charge in [0.2, 0.25) is 11.5 Å². The van der Waals surface area contributed by atoms with E-state index in [0.29, 0.717) is 28.9 Å². The molecule has 20 rings (SSSR count). The van der Waals surface area contributed by atoms with Crippen LogP contribution in [-0.2, 0) is 0 Å². The Labute approximate surface area is 599 Å². The maximum Gasteiger partial charge on any atom is 1.00 e. The fraction of sp³-hybridized carbons (Fsp3) is 0. The molecule has 0 bridgehead atoms. The third-order valence-electron chi connectivity index (χ3n) is 18.9. The van der Waals surface area contributed by atoms with Gasteiger partial charge >= 0.3 is 18.9 Å². The van der Waals surface area contributed by atoms with Crippen LogP contribution in [0.4, 0.5) is 0 Å². The van der Waals surface area contributed by atoms with Crippen molar-refractivity contribution in [3.8, 4) is 85.1 Å². The maximum atomic E-state index is 11.1. The molecule has 0 aliphatic rings. The summed E-state index contributed by atoms with van der Waals surface area (Å²) in [5, 5.41) is 23.8. The van der Waals surface area contributed by atoms with Crippen molar-refractivity contribution in [3.05, 3.63) is 352 Å². The number of aromatic amines is 1. The molecule has 0 atom stereocenters. The first kappa shape index (κ1) is 62.3. The van der Waals surface area contributed by atoms with Gasteiger partial charge in [0, 0.05) is 83.5 Å². The Morgan fingerprint density at radius 1 is 0.294 bits per heavy atom. The molecule has 0 amide bonds. The third kappa shape index (κ3) is 11.7. The van der Waals surface area contributed by atoms with Crippen LogP contribution >= 0.6 is 0 Å². The smallest absolute Gasteiger partial charge is 0.868 e. The molecule has 14 aromatic carbocycles. The molecule has 10 nitrogen and oxygen atoms in total. The minimum absolute atomic E-state index is 0. The van der Waals surface area contributed by atoms with E-state index in [1.165, 1.54) is 54.5 Å². The Hall–Kier alpha value is -13.2. The van der Waals surface area contributed by atoms with E-state index >= 15 is 0 Å². The van der Waals surface area contributed by atoms with E-state index in [-0.39, 0.29) is 24.6 Å². The van der Waals surface area contributed by atoms with E-state index in [4.69, 9.17) is 24.9 Å². The Balaban J connectivity index is 0.000000131. The van der Waals surface area contributed by atoms with Gasteiger partial charge in [-0.3, -0.25) is 9.55 Å². The maximum absolute atomic E-state index is 11.1. The van der Waals surface area contributed by atoms with Gasteiger partial charge in [-0.1, -0.05) is 249 Å². The number of hydrogen-bond donors (Lipinski definition) is 0. The second-order valence-corrected chi connectivity index (χ2v) is 25.0. The standard InChI is InChI=1S/C44H28N4.C38H24N4.C9H7NO.Li/c1-3-13-29(14-4-1)43-35-19-7-10-20-38(35)45-44(46-43)48-40-22-12-9-18-34(40)37-28-31(24-26-42(37)48)30-23-25-41-36(27-30)33-17-8-11-21-39(33)47(41)32-15-5-2-6-16-32;1-3-9-30-23-32(20-14-25(30)7-1)37-40-36(41-38(42-37)33-21-15-26-8-2-4-10-31(26)24-33)29-18-16-27(17-19-29)34-13-5-11-28-12-6-22-39-35(28)34;11-8-5-1-3-7-4-2-6-10-9(7)8;/h1-28H;1-24H;1-6,11H;/q;;;+1. The summed E-state index contributed by atoms with van der Waals surface area (Å²) in [4.78, 5) is 32.9. The van der Waals surface area contributed by atoms with Crippen molar-refractivity contribution < 1.29 is 29.0 Å². The number of benzene rings is 14. The van der Waals surface area contributed by atoms with Crippen LogP contribution in [0.3, 0.4) is 0 Å². The monoisotopic (exact) mass is 1300 g/mol. The molecule has 0 saturated heterocycles. The summed E-state index contributed by atoms with van der Waals surface area (Å²) >= 11 is 0. The topological polar surface area (TPSA) is 124 Å². The van der Waals surface area contributed by atoms with Crippen LogP contribution < -0.4 is 29.0 Å². The van der Waals surface area contributed by atoms with E-state index in [2.05, 4.69) is 310 Å². The van der Waals surface area contributed by atoms with Gasteiger partial charge in [0.25, 0.3) is 0 Å². The van der Waals surface area contributed by atoms with E-state index in [1.54, 1.807) is 18.3 Å². The van der Waals surface area contributed by atoms with E-state index in [1.807, 2.05) is 42.6 Å². The first-order valence-electron chi connectivity index (χ1n) is 33.7. The zero-order valence-electron chi connectivity index (χ0n) is 55.5. The molecule has 474 valence electrons. The van der Waals surface area contributed by atoms with Crippen molar-refractivity contribution in [2.75, 3.05) is 0 Å². The number of fused-ring (bicyclic) bond motifs is 11. The molecule has 11 heteroatoms. The van der Waals surface area contributed by atoms with Gasteiger partial charge in [-0.25, -0.2) is 29.9 Å². The number of nitrogens with one attached hydrogen (secondary N) is 1. The first-order chi connectivity index (χ1) is 50.0. The Bertz CT molecular complexity index is 6450. The van der Waals surface area contributed by atoms with Crippen LogP contribution in [0.15, 0.2) is 352 Å². The van der Waals surface area contributed by atoms with Crippen LogP contribution in [0.1, 0.15) is 0 Å². The number of para-hydroxylation sites is 6. The van der Waals surface area contributed by atoms with Gasteiger partial charge in [-0.15, -0.1) is 0 Å². The quantitative estimate of drug-likeness (QED) is 0.139. The van der Waals surface area contributed by atoms with Crippen LogP contribution in [0.25, 0.3) is 177 Å². The van der Waals surface area contributed by atoms with Gasteiger partial charge in [0.1, 0.15) is 0 Å². The summed E-state index contributed by atoms with van der Waals surface area (Å²) in [5.74, 6) is 2.65. The summed E-state index contributed by atoms with van der Waals surface area (Å²) in [6, 6.07) is 117. The van der Waals surface area contributed by atoms with Gasteiger partial charge in [0.05, 0.1) is 38.8 Å². The van der Waals surface area contributed by atoms with Crippen LogP contribution in [-0.4, -0.2) is 39.0 Å². The van der Waals surface area contributed by atoms with Crippen molar-refractivity contribution in [2.24, 2.45) is 0 Å². The van der Waals surface area contributed by atoms with Gasteiger partial charge in [0.15, 0.2) is 23.7 Å². The zero-order chi connectivity index (χ0) is 67.2.